The number of aromatic nitrogens is 2. The van der Waals surface area contributed by atoms with Crippen LogP contribution in [0.15, 0.2) is 70.5 Å². The van der Waals surface area contributed by atoms with Gasteiger partial charge < -0.3 is 14.6 Å². The van der Waals surface area contributed by atoms with Crippen molar-refractivity contribution in [1.82, 2.24) is 9.97 Å². The Morgan fingerprint density at radius 1 is 1.09 bits per heavy atom. The molecule has 3 heterocycles. The molecule has 7 nitrogen and oxygen atoms in total. The van der Waals surface area contributed by atoms with Gasteiger partial charge in [-0.2, -0.15) is 0 Å². The number of benzene rings is 3. The number of methoxy groups -OCH3 is 1. The second-order valence-electron chi connectivity index (χ2n) is 8.99. The summed E-state index contributed by atoms with van der Waals surface area (Å²) in [6, 6.07) is 18.7. The molecule has 0 radical (unpaired) electrons. The van der Waals surface area contributed by atoms with E-state index in [1.165, 1.54) is 0 Å². The lowest BCUT2D eigenvalue weighted by atomic mass is 9.96. The number of nitrogens with one attached hydrogen (secondary N) is 1. The number of aryl methyl sites for hydroxylation is 1. The molecule has 1 aromatic heterocycles. The number of hydrogen-bond acceptors (Lipinski definition) is 5. The fraction of sp³-hybridized carbons (Fsp3) is 0.214. The Morgan fingerprint density at radius 2 is 1.91 bits per heavy atom. The quantitative estimate of drug-likeness (QED) is 0.497. The van der Waals surface area contributed by atoms with Crippen molar-refractivity contribution < 1.29 is 9.53 Å². The molecule has 0 saturated heterocycles. The molecule has 174 valence electrons. The van der Waals surface area contributed by atoms with E-state index in [2.05, 4.69) is 29.0 Å². The van der Waals surface area contributed by atoms with Crippen LogP contribution in [-0.2, 0) is 22.6 Å². The van der Waals surface area contributed by atoms with Crippen molar-refractivity contribution in [3.05, 3.63) is 105 Å². The van der Waals surface area contributed by atoms with Crippen LogP contribution in [0.1, 0.15) is 39.7 Å². The predicted molar refractivity (Wildman–Crippen MR) is 135 cm³/mol. The maximum Gasteiger partial charge on any atom is 0.259 e. The average Bonchev–Trinajstić information content (AvgIpc) is 3.23. The topological polar surface area (TPSA) is 87.7 Å². The van der Waals surface area contributed by atoms with Crippen molar-refractivity contribution in [2.45, 2.75) is 26.0 Å². The van der Waals surface area contributed by atoms with Gasteiger partial charge in [-0.3, -0.25) is 14.6 Å². The zero-order valence-electron chi connectivity index (χ0n) is 19.5. The first-order chi connectivity index (χ1) is 17.0. The van der Waals surface area contributed by atoms with Gasteiger partial charge in [0.05, 0.1) is 22.3 Å². The Kier molecular flexibility index (Phi) is 5.07. The maximum absolute atomic E-state index is 14.0. The average molecular weight is 465 g/mol. The Bertz CT molecular complexity index is 1570. The highest BCUT2D eigenvalue weighted by Gasteiger charge is 2.38. The summed E-state index contributed by atoms with van der Waals surface area (Å²) in [5.41, 5.74) is 6.62. The summed E-state index contributed by atoms with van der Waals surface area (Å²) in [5.74, 6) is 0.308. The molecule has 1 unspecified atom stereocenters. The Morgan fingerprint density at radius 3 is 2.71 bits per heavy atom. The number of anilines is 1. The van der Waals surface area contributed by atoms with E-state index in [-0.39, 0.29) is 18.1 Å². The van der Waals surface area contributed by atoms with Crippen LogP contribution in [0.3, 0.4) is 0 Å². The summed E-state index contributed by atoms with van der Waals surface area (Å²) in [6.07, 6.45) is 0.794. The molecule has 0 spiro atoms. The molecule has 35 heavy (non-hydrogen) atoms. The second kappa shape index (κ2) is 8.29. The van der Waals surface area contributed by atoms with Gasteiger partial charge in [-0.05, 0) is 31.0 Å². The van der Waals surface area contributed by atoms with Gasteiger partial charge in [0.15, 0.2) is 6.04 Å². The number of carbonyl (C=O) groups is 1. The van der Waals surface area contributed by atoms with Crippen LogP contribution in [-0.4, -0.2) is 35.2 Å². The number of aromatic amines is 1. The van der Waals surface area contributed by atoms with Gasteiger partial charge in [0.1, 0.15) is 12.4 Å². The summed E-state index contributed by atoms with van der Waals surface area (Å²) in [7, 11) is 1.55. The third kappa shape index (κ3) is 3.47. The first-order valence-electron chi connectivity index (χ1n) is 11.6. The lowest BCUT2D eigenvalue weighted by molar-refractivity contribution is -0.119. The van der Waals surface area contributed by atoms with Gasteiger partial charge in [-0.15, -0.1) is 0 Å². The highest BCUT2D eigenvalue weighted by atomic mass is 16.5. The highest BCUT2D eigenvalue weighted by molar-refractivity contribution is 6.21. The first kappa shape index (κ1) is 21.4. The van der Waals surface area contributed by atoms with E-state index in [9.17, 15) is 9.59 Å². The molecule has 6 rings (SSSR count). The summed E-state index contributed by atoms with van der Waals surface area (Å²) < 4.78 is 5.14. The minimum Gasteiger partial charge on any atom is -0.377 e. The van der Waals surface area contributed by atoms with Gasteiger partial charge in [0, 0.05) is 30.3 Å². The molecular weight excluding hydrogens is 440 g/mol. The molecule has 4 aromatic rings. The number of amides is 1. The van der Waals surface area contributed by atoms with Crippen molar-refractivity contribution in [2.24, 2.45) is 4.99 Å². The maximum atomic E-state index is 14.0. The molecule has 0 fully saturated rings. The normalized spacial score (nSPS) is 16.9. The van der Waals surface area contributed by atoms with E-state index >= 15 is 0 Å². The number of ether oxygens (including phenoxy) is 1. The van der Waals surface area contributed by atoms with E-state index < -0.39 is 6.04 Å². The van der Waals surface area contributed by atoms with Crippen molar-refractivity contribution >= 4 is 28.2 Å². The first-order valence-corrected chi connectivity index (χ1v) is 11.6. The monoisotopic (exact) mass is 464 g/mol. The van der Waals surface area contributed by atoms with Gasteiger partial charge in [0.2, 0.25) is 0 Å². The number of nitrogens with zero attached hydrogens (tertiary/aromatic N) is 3. The van der Waals surface area contributed by atoms with E-state index in [1.54, 1.807) is 13.2 Å². The predicted octanol–water partition coefficient (Wildman–Crippen LogP) is 3.86. The van der Waals surface area contributed by atoms with Crippen LogP contribution in [0.25, 0.3) is 10.9 Å². The minimum absolute atomic E-state index is 0.132. The van der Waals surface area contributed by atoms with Gasteiger partial charge in [0.25, 0.3) is 11.5 Å². The van der Waals surface area contributed by atoms with Crippen LogP contribution in [0.5, 0.6) is 0 Å². The zero-order valence-corrected chi connectivity index (χ0v) is 19.5. The number of aliphatic imine (C=N–C) groups is 1. The fourth-order valence-electron chi connectivity index (χ4n) is 5.24. The molecule has 3 aromatic carbocycles. The molecule has 1 atom stereocenters. The van der Waals surface area contributed by atoms with Gasteiger partial charge in [-0.1, -0.05) is 54.1 Å². The number of fused-ring (bicyclic) bond motifs is 1. The van der Waals surface area contributed by atoms with E-state index in [0.29, 0.717) is 28.8 Å². The van der Waals surface area contributed by atoms with Crippen molar-refractivity contribution in [2.75, 3.05) is 18.6 Å². The smallest absolute Gasteiger partial charge is 0.259 e. The lowest BCUT2D eigenvalue weighted by Crippen LogP contribution is -2.33. The molecule has 2 aliphatic heterocycles. The Hall–Kier alpha value is -4.10. The molecule has 1 amide bonds. The number of rotatable bonds is 4. The van der Waals surface area contributed by atoms with Crippen LogP contribution < -0.4 is 10.5 Å². The fourth-order valence-corrected chi connectivity index (χ4v) is 5.24. The largest absolute Gasteiger partial charge is 0.377 e. The van der Waals surface area contributed by atoms with Crippen molar-refractivity contribution in [3.8, 4) is 0 Å². The Balaban J connectivity index is 1.63. The van der Waals surface area contributed by atoms with Crippen LogP contribution in [0.2, 0.25) is 0 Å². The third-order valence-corrected chi connectivity index (χ3v) is 6.66. The molecule has 7 heteroatoms. The Labute approximate surface area is 202 Å². The van der Waals surface area contributed by atoms with Crippen LogP contribution in [0.4, 0.5) is 5.69 Å². The van der Waals surface area contributed by atoms with E-state index in [4.69, 9.17) is 9.73 Å². The number of hydrogen-bond donors (Lipinski definition) is 1. The molecular formula is C28H24N4O3. The standard InChI is InChI=1S/C28H24N4O3/c1-16-13-18-11-12-32-26(18)20(14-16)24(17-7-4-3-5-8-17)31-25(28(32)34)19-9-6-10-21-23(19)27(33)30-22(29-21)15-35-2/h3-10,13-14,25H,11-12,15H2,1-2H3,(H,29,30,33). The van der Waals surface area contributed by atoms with Crippen molar-refractivity contribution in [3.63, 3.8) is 0 Å². The second-order valence-corrected chi connectivity index (χ2v) is 8.99. The molecule has 0 bridgehead atoms. The van der Waals surface area contributed by atoms with E-state index in [1.807, 2.05) is 47.4 Å². The van der Waals surface area contributed by atoms with Gasteiger partial charge >= 0.3 is 0 Å². The van der Waals surface area contributed by atoms with Crippen LogP contribution in [0, 0.1) is 6.92 Å². The third-order valence-electron chi connectivity index (χ3n) is 6.66. The molecule has 2 aliphatic rings. The minimum atomic E-state index is -0.872. The van der Waals surface area contributed by atoms with Crippen molar-refractivity contribution in [1.29, 1.82) is 0 Å². The molecule has 1 N–H and O–H groups in total. The zero-order chi connectivity index (χ0) is 24.1. The van der Waals surface area contributed by atoms with Crippen LogP contribution >= 0.6 is 0 Å². The summed E-state index contributed by atoms with van der Waals surface area (Å²) in [5, 5.41) is 0.378. The SMILES string of the molecule is COCc1nc2cccc(C3N=C(c4ccccc4)c4cc(C)cc5c4N(CC5)C3=O)c2c(=O)[nH]1. The summed E-state index contributed by atoms with van der Waals surface area (Å²) >= 11 is 0. The number of H-pyrrole nitrogens is 1. The molecule has 0 saturated carbocycles. The lowest BCUT2D eigenvalue weighted by Gasteiger charge is -2.21. The highest BCUT2D eigenvalue weighted by Crippen LogP contribution is 2.40. The summed E-state index contributed by atoms with van der Waals surface area (Å²) in [4.78, 5) is 41.5. The summed E-state index contributed by atoms with van der Waals surface area (Å²) in [6.45, 7) is 2.86. The van der Waals surface area contributed by atoms with Gasteiger partial charge in [-0.25, -0.2) is 4.98 Å². The molecule has 0 aliphatic carbocycles. The van der Waals surface area contributed by atoms with E-state index in [0.717, 1.165) is 40.1 Å². The number of carbonyl (C=O) groups excluding carboxylic acids is 1.